The maximum atomic E-state index is 12.9. The molecule has 0 bridgehead atoms. The summed E-state index contributed by atoms with van der Waals surface area (Å²) >= 11 is 0. The molecule has 0 rings (SSSR count). The van der Waals surface area contributed by atoms with E-state index in [-0.39, 0.29) is 31.6 Å². The molecule has 0 fully saturated rings. The van der Waals surface area contributed by atoms with Gasteiger partial charge in [0.25, 0.3) is 0 Å². The molecular formula is C63H108O6. The highest BCUT2D eigenvalue weighted by molar-refractivity contribution is 5.72. The van der Waals surface area contributed by atoms with Gasteiger partial charge in [-0.25, -0.2) is 0 Å². The van der Waals surface area contributed by atoms with Gasteiger partial charge in [0.2, 0.25) is 0 Å². The van der Waals surface area contributed by atoms with Gasteiger partial charge in [0.15, 0.2) is 6.10 Å². The fourth-order valence-electron chi connectivity index (χ4n) is 8.03. The molecule has 0 N–H and O–H groups in total. The Morgan fingerprint density at radius 3 is 1.00 bits per heavy atom. The first-order valence-corrected chi connectivity index (χ1v) is 29.1. The maximum absolute atomic E-state index is 12.9. The molecule has 0 aliphatic heterocycles. The van der Waals surface area contributed by atoms with Crippen LogP contribution in [0.5, 0.6) is 0 Å². The number of allylic oxidation sites excluding steroid dienone is 13. The summed E-state index contributed by atoms with van der Waals surface area (Å²) in [5, 5.41) is 0. The molecular weight excluding hydrogens is 853 g/mol. The second-order valence-electron chi connectivity index (χ2n) is 19.2. The number of hydrogen-bond donors (Lipinski definition) is 0. The van der Waals surface area contributed by atoms with Crippen molar-refractivity contribution in [2.45, 2.75) is 284 Å². The minimum atomic E-state index is -0.820. The molecule has 69 heavy (non-hydrogen) atoms. The van der Waals surface area contributed by atoms with Gasteiger partial charge in [-0.05, 0) is 96.3 Å². The molecule has 0 amide bonds. The van der Waals surface area contributed by atoms with Crippen LogP contribution in [0.25, 0.3) is 0 Å². The van der Waals surface area contributed by atoms with Crippen LogP contribution in [0.2, 0.25) is 0 Å². The van der Waals surface area contributed by atoms with Crippen molar-refractivity contribution in [3.63, 3.8) is 0 Å². The average Bonchev–Trinajstić information content (AvgIpc) is 3.35. The van der Waals surface area contributed by atoms with Crippen LogP contribution in [0, 0.1) is 0 Å². The Bertz CT molecular complexity index is 1330. The molecule has 0 saturated heterocycles. The fraction of sp³-hybridized carbons (Fsp3) is 0.730. The third kappa shape index (κ3) is 55.4. The van der Waals surface area contributed by atoms with Crippen molar-refractivity contribution in [1.29, 1.82) is 0 Å². The lowest BCUT2D eigenvalue weighted by Gasteiger charge is -2.18. The number of rotatable bonds is 52. The Kier molecular flexibility index (Phi) is 54.3. The molecule has 0 heterocycles. The van der Waals surface area contributed by atoms with Crippen molar-refractivity contribution in [2.75, 3.05) is 13.2 Å². The van der Waals surface area contributed by atoms with Crippen molar-refractivity contribution in [1.82, 2.24) is 0 Å². The van der Waals surface area contributed by atoms with E-state index in [1.54, 1.807) is 6.08 Å². The summed E-state index contributed by atoms with van der Waals surface area (Å²) < 4.78 is 16.8. The first kappa shape index (κ1) is 65.6. The predicted molar refractivity (Wildman–Crippen MR) is 297 cm³/mol. The first-order chi connectivity index (χ1) is 34.0. The molecule has 0 aromatic heterocycles. The highest BCUT2D eigenvalue weighted by atomic mass is 16.6. The van der Waals surface area contributed by atoms with Crippen molar-refractivity contribution >= 4 is 17.9 Å². The number of hydrogen-bond acceptors (Lipinski definition) is 6. The summed E-state index contributed by atoms with van der Waals surface area (Å²) in [5.41, 5.74) is 0. The summed E-state index contributed by atoms with van der Waals surface area (Å²) in [6.45, 7) is 6.44. The molecule has 6 nitrogen and oxygen atoms in total. The van der Waals surface area contributed by atoms with E-state index in [1.807, 2.05) is 6.08 Å². The third-order valence-electron chi connectivity index (χ3n) is 12.4. The van der Waals surface area contributed by atoms with Gasteiger partial charge in [-0.2, -0.15) is 0 Å². The Morgan fingerprint density at radius 2 is 0.623 bits per heavy atom. The molecule has 0 aliphatic carbocycles. The van der Waals surface area contributed by atoms with Gasteiger partial charge in [-0.3, -0.25) is 14.4 Å². The summed E-state index contributed by atoms with van der Waals surface area (Å²) in [5.74, 6) is -1.04. The Balaban J connectivity index is 4.46. The van der Waals surface area contributed by atoms with Gasteiger partial charge in [0.05, 0.1) is 6.42 Å². The molecule has 396 valence electrons. The maximum Gasteiger partial charge on any atom is 0.309 e. The van der Waals surface area contributed by atoms with Crippen LogP contribution >= 0.6 is 0 Å². The van der Waals surface area contributed by atoms with E-state index in [4.69, 9.17) is 14.2 Å². The number of unbranched alkanes of at least 4 members (excludes halogenated alkanes) is 28. The molecule has 1 unspecified atom stereocenters. The van der Waals surface area contributed by atoms with E-state index >= 15 is 0 Å². The minimum Gasteiger partial charge on any atom is -0.462 e. The van der Waals surface area contributed by atoms with Crippen LogP contribution < -0.4 is 0 Å². The number of esters is 3. The van der Waals surface area contributed by atoms with Gasteiger partial charge < -0.3 is 14.2 Å². The number of ether oxygens (including phenoxy) is 3. The smallest absolute Gasteiger partial charge is 0.309 e. The quantitative estimate of drug-likeness (QED) is 0.0262. The second kappa shape index (κ2) is 57.2. The normalized spacial score (nSPS) is 12.7. The van der Waals surface area contributed by atoms with Gasteiger partial charge in [-0.1, -0.05) is 247 Å². The zero-order chi connectivity index (χ0) is 50.0. The Labute approximate surface area is 426 Å². The van der Waals surface area contributed by atoms with Gasteiger partial charge in [0.1, 0.15) is 13.2 Å². The predicted octanol–water partition coefficient (Wildman–Crippen LogP) is 19.5. The van der Waals surface area contributed by atoms with Crippen molar-refractivity contribution in [3.05, 3.63) is 85.1 Å². The SMILES string of the molecule is CC/C=C\C/C=C\C/C=C\C/C=C\C/C=C\CC(=O)OCC(COC(=O)CCCCCCCCCCC/C=C\CCCCCCCC)OC(=O)CCCCCCCCC/C=C\CCCCCCCC. The highest BCUT2D eigenvalue weighted by Gasteiger charge is 2.19. The average molecular weight is 962 g/mol. The number of carbonyl (C=O) groups excluding carboxylic acids is 3. The summed E-state index contributed by atoms with van der Waals surface area (Å²) in [6.07, 6.45) is 74.6. The highest BCUT2D eigenvalue weighted by Crippen LogP contribution is 2.15. The van der Waals surface area contributed by atoms with Crippen LogP contribution in [0.15, 0.2) is 85.1 Å². The van der Waals surface area contributed by atoms with Gasteiger partial charge in [-0.15, -0.1) is 0 Å². The molecule has 0 spiro atoms. The van der Waals surface area contributed by atoms with Gasteiger partial charge in [0, 0.05) is 12.8 Å². The van der Waals surface area contributed by atoms with E-state index in [1.165, 1.54) is 167 Å². The van der Waals surface area contributed by atoms with Gasteiger partial charge >= 0.3 is 17.9 Å². The van der Waals surface area contributed by atoms with Crippen molar-refractivity contribution < 1.29 is 28.6 Å². The lowest BCUT2D eigenvalue weighted by Crippen LogP contribution is -2.30. The van der Waals surface area contributed by atoms with Crippen LogP contribution in [-0.2, 0) is 28.6 Å². The zero-order valence-electron chi connectivity index (χ0n) is 45.3. The third-order valence-corrected chi connectivity index (χ3v) is 12.4. The van der Waals surface area contributed by atoms with E-state index in [9.17, 15) is 14.4 Å². The second-order valence-corrected chi connectivity index (χ2v) is 19.2. The van der Waals surface area contributed by atoms with Crippen molar-refractivity contribution in [3.8, 4) is 0 Å². The molecule has 6 heteroatoms. The molecule has 0 saturated carbocycles. The minimum absolute atomic E-state index is 0.108. The molecule has 0 aromatic rings. The topological polar surface area (TPSA) is 78.9 Å². The van der Waals surface area contributed by atoms with Crippen molar-refractivity contribution in [2.24, 2.45) is 0 Å². The molecule has 0 aromatic carbocycles. The molecule has 1 atom stereocenters. The lowest BCUT2D eigenvalue weighted by atomic mass is 10.1. The summed E-state index contributed by atoms with van der Waals surface area (Å²) in [4.78, 5) is 38.1. The van der Waals surface area contributed by atoms with Crippen LogP contribution in [-0.4, -0.2) is 37.2 Å². The van der Waals surface area contributed by atoms with E-state index < -0.39 is 12.1 Å². The Hall–Kier alpha value is -3.41. The van der Waals surface area contributed by atoms with E-state index in [2.05, 4.69) is 93.7 Å². The summed E-state index contributed by atoms with van der Waals surface area (Å²) in [7, 11) is 0. The van der Waals surface area contributed by atoms with E-state index in [0.717, 1.165) is 70.6 Å². The largest absolute Gasteiger partial charge is 0.462 e. The lowest BCUT2D eigenvalue weighted by molar-refractivity contribution is -0.166. The van der Waals surface area contributed by atoms with Crippen LogP contribution in [0.3, 0.4) is 0 Å². The van der Waals surface area contributed by atoms with Crippen LogP contribution in [0.4, 0.5) is 0 Å². The fourth-order valence-corrected chi connectivity index (χ4v) is 8.03. The first-order valence-electron chi connectivity index (χ1n) is 29.1. The Morgan fingerprint density at radius 1 is 0.319 bits per heavy atom. The standard InChI is InChI=1S/C63H108O6/c1-4-7-10-13-16-19-22-25-28-30-31-33-35-38-41-44-47-50-53-56-62(65)68-59-60(58-67-61(64)55-52-49-46-43-40-37-34-27-24-21-18-15-12-9-6-3)69-63(66)57-54-51-48-45-42-39-36-32-29-26-23-20-17-14-11-8-5-2/h9,12,18,21,25-29,34,40,43,49,52,60H,4-8,10-11,13-17,19-20,22-24,30-33,35-39,41-42,44-48,50-51,53-59H2,1-3H3/b12-9-,21-18-,28-25-,29-26-,34-27-,43-40-,52-49-. The number of carbonyl (C=O) groups is 3. The summed E-state index contributed by atoms with van der Waals surface area (Å²) in [6, 6.07) is 0. The molecule has 0 radical (unpaired) electrons. The van der Waals surface area contributed by atoms with E-state index in [0.29, 0.717) is 12.8 Å². The van der Waals surface area contributed by atoms with Crippen LogP contribution in [0.1, 0.15) is 278 Å². The monoisotopic (exact) mass is 961 g/mol. The molecule has 0 aliphatic rings. The zero-order valence-corrected chi connectivity index (χ0v) is 45.3.